The zero-order valence-corrected chi connectivity index (χ0v) is 17.2. The predicted octanol–water partition coefficient (Wildman–Crippen LogP) is -1.04. The van der Waals surface area contributed by atoms with Gasteiger partial charge in [-0.3, -0.25) is 9.59 Å². The van der Waals surface area contributed by atoms with E-state index < -0.39 is 21.5 Å². The molecule has 0 aliphatic heterocycles. The van der Waals surface area contributed by atoms with Gasteiger partial charge in [-0.2, -0.15) is 0 Å². The Morgan fingerprint density at radius 2 is 2.00 bits per heavy atom. The van der Waals surface area contributed by atoms with E-state index in [1.54, 1.807) is 25.1 Å². The molecule has 0 fully saturated rings. The van der Waals surface area contributed by atoms with Crippen LogP contribution in [0.2, 0.25) is 0 Å². The number of aromatic nitrogens is 1. The monoisotopic (exact) mass is 436 g/mol. The van der Waals surface area contributed by atoms with Gasteiger partial charge in [0.1, 0.15) is 13.2 Å². The second-order valence-electron chi connectivity index (χ2n) is 6.31. The first kappa shape index (κ1) is 22.9. The van der Waals surface area contributed by atoms with Crippen LogP contribution in [0.15, 0.2) is 57.4 Å². The fraction of sp³-hybridized carbons (Fsp3) is 0.278. The summed E-state index contributed by atoms with van der Waals surface area (Å²) >= 11 is 0. The van der Waals surface area contributed by atoms with Crippen LogP contribution in [0, 0.1) is 6.92 Å². The Kier molecular flexibility index (Phi) is 7.95. The molecule has 1 heterocycles. The molecule has 1 aromatic carbocycles. The summed E-state index contributed by atoms with van der Waals surface area (Å²) < 4.78 is 28.4. The lowest BCUT2D eigenvalue weighted by Gasteiger charge is -2.10. The summed E-state index contributed by atoms with van der Waals surface area (Å²) in [6.07, 6.45) is 1.44. The molecule has 11 nitrogen and oxygen atoms in total. The van der Waals surface area contributed by atoms with Gasteiger partial charge < -0.3 is 26.2 Å². The fourth-order valence-corrected chi connectivity index (χ4v) is 3.56. The molecule has 0 unspecified atom stereocenters. The number of pyridine rings is 1. The number of carbonyl (C=O) groups excluding carboxylic acids is 1. The normalized spacial score (nSPS) is 11.0. The van der Waals surface area contributed by atoms with Crippen molar-refractivity contribution >= 4 is 21.9 Å². The second kappa shape index (κ2) is 10.4. The summed E-state index contributed by atoms with van der Waals surface area (Å²) in [5.74, 6) is -0.661. The quantitative estimate of drug-likeness (QED) is 0.159. The van der Waals surface area contributed by atoms with Gasteiger partial charge in [0.2, 0.25) is 21.9 Å². The predicted molar refractivity (Wildman–Crippen MR) is 111 cm³/mol. The highest BCUT2D eigenvalue weighted by molar-refractivity contribution is 7.89. The Bertz CT molecular complexity index is 1080. The zero-order valence-electron chi connectivity index (χ0n) is 16.4. The van der Waals surface area contributed by atoms with E-state index in [2.05, 4.69) is 15.2 Å². The molecule has 1 aromatic heterocycles. The standard InChI is InChI=1S/C18H24N6O5S/c1-13-4-2-6-15(10-13)30(27,28)22-11-14-5-3-8-24(17(14)26)12-16(25)21-7-9-29-23-18(19)20/h2-6,8,10,22H,7,9,11-12H2,1H3,(H,21,25)(H4,19,20,23). The van der Waals surface area contributed by atoms with Crippen LogP contribution in [0.5, 0.6) is 0 Å². The summed E-state index contributed by atoms with van der Waals surface area (Å²) in [5, 5.41) is 5.86. The smallest absolute Gasteiger partial charge is 0.255 e. The van der Waals surface area contributed by atoms with Gasteiger partial charge in [-0.15, -0.1) is 0 Å². The van der Waals surface area contributed by atoms with E-state index in [1.807, 2.05) is 0 Å². The van der Waals surface area contributed by atoms with Crippen molar-refractivity contribution in [2.45, 2.75) is 24.9 Å². The molecule has 0 saturated carbocycles. The molecule has 12 heteroatoms. The first-order valence-corrected chi connectivity index (χ1v) is 10.4. The minimum absolute atomic E-state index is 0.0549. The number of amides is 1. The van der Waals surface area contributed by atoms with E-state index in [4.69, 9.17) is 16.3 Å². The molecule has 6 N–H and O–H groups in total. The number of nitrogens with one attached hydrogen (secondary N) is 2. The van der Waals surface area contributed by atoms with E-state index in [-0.39, 0.29) is 42.7 Å². The number of hydrogen-bond donors (Lipinski definition) is 4. The Morgan fingerprint density at radius 3 is 2.70 bits per heavy atom. The van der Waals surface area contributed by atoms with Crippen LogP contribution in [-0.4, -0.2) is 38.0 Å². The third-order valence-electron chi connectivity index (χ3n) is 3.85. The molecule has 1 amide bonds. The molecule has 0 atom stereocenters. The molecular formula is C18H24N6O5S. The molecule has 2 rings (SSSR count). The number of benzene rings is 1. The first-order chi connectivity index (χ1) is 14.2. The molecule has 0 aliphatic carbocycles. The maximum atomic E-state index is 12.5. The van der Waals surface area contributed by atoms with E-state index in [0.717, 1.165) is 5.56 Å². The molecule has 0 spiro atoms. The van der Waals surface area contributed by atoms with E-state index >= 15 is 0 Å². The van der Waals surface area contributed by atoms with Crippen molar-refractivity contribution in [3.05, 3.63) is 64.1 Å². The van der Waals surface area contributed by atoms with Crippen molar-refractivity contribution in [1.82, 2.24) is 14.6 Å². The Balaban J connectivity index is 1.97. The first-order valence-electron chi connectivity index (χ1n) is 8.91. The lowest BCUT2D eigenvalue weighted by Crippen LogP contribution is -2.35. The van der Waals surface area contributed by atoms with Crippen LogP contribution in [0.3, 0.4) is 0 Å². The zero-order chi connectivity index (χ0) is 22.1. The lowest BCUT2D eigenvalue weighted by molar-refractivity contribution is -0.121. The van der Waals surface area contributed by atoms with Gasteiger partial charge in [0.25, 0.3) is 5.56 Å². The van der Waals surface area contributed by atoms with Crippen LogP contribution >= 0.6 is 0 Å². The number of nitrogens with two attached hydrogens (primary N) is 2. The summed E-state index contributed by atoms with van der Waals surface area (Å²) in [5.41, 5.74) is 10.7. The maximum Gasteiger partial charge on any atom is 0.255 e. The molecule has 2 aromatic rings. The maximum absolute atomic E-state index is 12.5. The molecular weight excluding hydrogens is 412 g/mol. The Morgan fingerprint density at radius 1 is 1.23 bits per heavy atom. The number of oxime groups is 1. The molecule has 30 heavy (non-hydrogen) atoms. The fourth-order valence-electron chi connectivity index (χ4n) is 2.45. The lowest BCUT2D eigenvalue weighted by atomic mass is 10.2. The van der Waals surface area contributed by atoms with Gasteiger partial charge in [-0.1, -0.05) is 18.2 Å². The third kappa shape index (κ3) is 6.90. The van der Waals surface area contributed by atoms with Crippen molar-refractivity contribution in [2.75, 3.05) is 13.2 Å². The van der Waals surface area contributed by atoms with Crippen LogP contribution in [0.4, 0.5) is 0 Å². The van der Waals surface area contributed by atoms with Gasteiger partial charge in [-0.05, 0) is 35.8 Å². The van der Waals surface area contributed by atoms with Gasteiger partial charge in [-0.25, -0.2) is 13.1 Å². The number of nitrogens with zero attached hydrogens (tertiary/aromatic N) is 2. The second-order valence-corrected chi connectivity index (χ2v) is 8.07. The van der Waals surface area contributed by atoms with Crippen molar-refractivity contribution in [3.63, 3.8) is 0 Å². The number of guanidine groups is 1. The number of rotatable bonds is 10. The number of carbonyl (C=O) groups is 1. The van der Waals surface area contributed by atoms with Crippen LogP contribution in [-0.2, 0) is 32.7 Å². The summed E-state index contributed by atoms with van der Waals surface area (Å²) in [7, 11) is -3.78. The van der Waals surface area contributed by atoms with E-state index in [9.17, 15) is 18.0 Å². The number of hydrogen-bond acceptors (Lipinski definition) is 6. The third-order valence-corrected chi connectivity index (χ3v) is 5.25. The molecule has 0 bridgehead atoms. The van der Waals surface area contributed by atoms with Gasteiger partial charge in [0.05, 0.1) is 11.4 Å². The highest BCUT2D eigenvalue weighted by Gasteiger charge is 2.15. The van der Waals surface area contributed by atoms with Crippen molar-refractivity contribution in [2.24, 2.45) is 16.6 Å². The van der Waals surface area contributed by atoms with Crippen LogP contribution in [0.1, 0.15) is 11.1 Å². The van der Waals surface area contributed by atoms with E-state index in [1.165, 1.54) is 29.0 Å². The van der Waals surface area contributed by atoms with Crippen molar-refractivity contribution in [1.29, 1.82) is 0 Å². The molecule has 0 aliphatic rings. The molecule has 162 valence electrons. The molecule has 0 saturated heterocycles. The summed E-state index contributed by atoms with van der Waals surface area (Å²) in [6.45, 7) is 1.54. The summed E-state index contributed by atoms with van der Waals surface area (Å²) in [4.78, 5) is 29.4. The minimum atomic E-state index is -3.78. The average Bonchev–Trinajstić information content (AvgIpc) is 2.68. The van der Waals surface area contributed by atoms with Gasteiger partial charge in [0, 0.05) is 18.3 Å². The van der Waals surface area contributed by atoms with Crippen molar-refractivity contribution < 1.29 is 18.0 Å². The average molecular weight is 436 g/mol. The Labute approximate surface area is 173 Å². The van der Waals surface area contributed by atoms with Crippen molar-refractivity contribution in [3.8, 4) is 0 Å². The topological polar surface area (TPSA) is 171 Å². The SMILES string of the molecule is Cc1cccc(S(=O)(=O)NCc2cccn(CC(=O)NCCON=C(N)N)c2=O)c1. The summed E-state index contributed by atoms with van der Waals surface area (Å²) in [6, 6.07) is 9.49. The highest BCUT2D eigenvalue weighted by Crippen LogP contribution is 2.11. The van der Waals surface area contributed by atoms with Crippen LogP contribution in [0.25, 0.3) is 0 Å². The number of sulfonamides is 1. The largest absolute Gasteiger partial charge is 0.391 e. The van der Waals surface area contributed by atoms with Crippen LogP contribution < -0.4 is 27.1 Å². The van der Waals surface area contributed by atoms with Gasteiger partial charge >= 0.3 is 0 Å². The molecule has 0 radical (unpaired) electrons. The number of aryl methyl sites for hydroxylation is 1. The van der Waals surface area contributed by atoms with Gasteiger partial charge in [0.15, 0.2) is 0 Å². The minimum Gasteiger partial charge on any atom is -0.391 e. The Hall–Kier alpha value is -3.38. The van der Waals surface area contributed by atoms with E-state index in [0.29, 0.717) is 0 Å². The highest BCUT2D eigenvalue weighted by atomic mass is 32.2.